The number of unbranched alkanes of at least 4 members (excludes halogenated alkanes) is 1. The molecule has 242 valence electrons. The summed E-state index contributed by atoms with van der Waals surface area (Å²) in [6, 6.07) is 5.18. The molecule has 0 saturated carbocycles. The number of para-hydroxylation sites is 2. The van der Waals surface area contributed by atoms with Crippen molar-refractivity contribution in [2.24, 2.45) is 29.4 Å². The van der Waals surface area contributed by atoms with Gasteiger partial charge in [-0.2, -0.15) is 13.2 Å². The summed E-state index contributed by atoms with van der Waals surface area (Å²) in [5.41, 5.74) is 6.35. The number of methoxy groups -OCH3 is 1. The predicted octanol–water partition coefficient (Wildman–Crippen LogP) is 4.51. The highest BCUT2D eigenvalue weighted by atomic mass is 19.4. The number of rotatable bonds is 20. The molecule has 0 aliphatic heterocycles. The van der Waals surface area contributed by atoms with E-state index in [0.29, 0.717) is 11.4 Å². The molecule has 42 heavy (non-hydrogen) atoms. The number of benzene rings is 1. The van der Waals surface area contributed by atoms with Gasteiger partial charge in [0, 0.05) is 32.2 Å². The maximum Gasteiger partial charge on any atom is 0.471 e. The van der Waals surface area contributed by atoms with Crippen LogP contribution in [0, 0.1) is 23.7 Å². The van der Waals surface area contributed by atoms with Crippen molar-refractivity contribution in [1.82, 2.24) is 5.32 Å². The summed E-state index contributed by atoms with van der Waals surface area (Å²) >= 11 is 0. The normalized spacial score (nSPS) is 14.9. The lowest BCUT2D eigenvalue weighted by atomic mass is 9.83. The summed E-state index contributed by atoms with van der Waals surface area (Å²) in [6.07, 6.45) is -4.16. The van der Waals surface area contributed by atoms with Gasteiger partial charge in [0.15, 0.2) is 0 Å². The number of hydrogen-bond acceptors (Lipinski definition) is 7. The fourth-order valence-electron chi connectivity index (χ4n) is 4.53. The summed E-state index contributed by atoms with van der Waals surface area (Å²) < 4.78 is 57.0. The predicted molar refractivity (Wildman–Crippen MR) is 156 cm³/mol. The van der Waals surface area contributed by atoms with Gasteiger partial charge in [0.2, 0.25) is 5.91 Å². The minimum atomic E-state index is -5.13. The van der Waals surface area contributed by atoms with Gasteiger partial charge in [0.05, 0.1) is 18.4 Å². The summed E-state index contributed by atoms with van der Waals surface area (Å²) in [4.78, 5) is 26.1. The summed E-state index contributed by atoms with van der Waals surface area (Å²) in [5.74, 6) is -3.30. The average Bonchev–Trinajstić information content (AvgIpc) is 2.92. The first-order valence-electron chi connectivity index (χ1n) is 14.6. The van der Waals surface area contributed by atoms with Crippen LogP contribution in [-0.4, -0.2) is 75.4 Å². The number of carbonyl (C=O) groups excluding carboxylic acids is 2. The van der Waals surface area contributed by atoms with Crippen LogP contribution in [-0.2, 0) is 19.1 Å². The average molecular weight is 606 g/mol. The van der Waals surface area contributed by atoms with Crippen LogP contribution in [0.2, 0.25) is 0 Å². The Morgan fingerprint density at radius 3 is 2.31 bits per heavy atom. The first kappa shape index (κ1) is 37.6. The Morgan fingerprint density at radius 1 is 1.07 bits per heavy atom. The lowest BCUT2D eigenvalue weighted by Gasteiger charge is -2.34. The minimum absolute atomic E-state index is 0.0299. The zero-order chi connectivity index (χ0) is 31.9. The van der Waals surface area contributed by atoms with Gasteiger partial charge in [-0.3, -0.25) is 9.59 Å². The van der Waals surface area contributed by atoms with E-state index >= 15 is 0 Å². The molecular weight excluding hydrogens is 555 g/mol. The zero-order valence-electron chi connectivity index (χ0n) is 25.8. The van der Waals surface area contributed by atoms with Crippen molar-refractivity contribution in [2.75, 3.05) is 45.1 Å². The van der Waals surface area contributed by atoms with Gasteiger partial charge in [0.1, 0.15) is 19.1 Å². The van der Waals surface area contributed by atoms with Crippen LogP contribution in [0.4, 0.5) is 18.9 Å². The molecule has 0 aromatic heterocycles. The molecule has 0 spiro atoms. The Labute approximate surface area is 248 Å². The van der Waals surface area contributed by atoms with Crippen LogP contribution in [0.1, 0.15) is 60.3 Å². The molecule has 9 nitrogen and oxygen atoms in total. The smallest absolute Gasteiger partial charge is 0.471 e. The van der Waals surface area contributed by atoms with E-state index in [1.165, 1.54) is 25.3 Å². The Hall–Kier alpha value is -2.41. The van der Waals surface area contributed by atoms with Crippen molar-refractivity contribution in [3.63, 3.8) is 0 Å². The van der Waals surface area contributed by atoms with Crippen molar-refractivity contribution in [2.45, 2.75) is 78.6 Å². The molecule has 1 aromatic rings. The largest absolute Gasteiger partial charge is 0.489 e. The summed E-state index contributed by atoms with van der Waals surface area (Å²) in [7, 11) is 1.46. The molecule has 0 heterocycles. The molecule has 0 bridgehead atoms. The third-order valence-electron chi connectivity index (χ3n) is 7.23. The number of alkyl halides is 3. The highest BCUT2D eigenvalue weighted by Gasteiger charge is 2.44. The first-order chi connectivity index (χ1) is 19.7. The number of nitrogens with zero attached hydrogens (tertiary/aromatic N) is 1. The molecular formula is C30H50F3N3O6. The molecule has 12 heteroatoms. The van der Waals surface area contributed by atoms with E-state index in [-0.39, 0.29) is 68.6 Å². The quantitative estimate of drug-likeness (QED) is 0.148. The Kier molecular flexibility index (Phi) is 17.0. The van der Waals surface area contributed by atoms with E-state index in [2.05, 4.69) is 5.32 Å². The van der Waals surface area contributed by atoms with Gasteiger partial charge in [0.25, 0.3) is 0 Å². The van der Waals surface area contributed by atoms with Gasteiger partial charge < -0.3 is 35.3 Å². The van der Waals surface area contributed by atoms with E-state index in [0.717, 1.165) is 12.8 Å². The molecule has 4 atom stereocenters. The minimum Gasteiger partial charge on any atom is -0.489 e. The number of anilines is 1. The van der Waals surface area contributed by atoms with Crippen LogP contribution in [0.5, 0.6) is 5.75 Å². The molecule has 0 aliphatic rings. The maximum absolute atomic E-state index is 13.8. The maximum atomic E-state index is 13.8. The topological polar surface area (TPSA) is 123 Å². The Bertz CT molecular complexity index is 932. The number of nitrogens with one attached hydrogen (secondary N) is 1. The Balaban J connectivity index is 3.14. The van der Waals surface area contributed by atoms with Gasteiger partial charge in [-0.05, 0) is 49.1 Å². The highest BCUT2D eigenvalue weighted by Crippen LogP contribution is 2.34. The van der Waals surface area contributed by atoms with Crippen LogP contribution >= 0.6 is 0 Å². The molecule has 0 fully saturated rings. The van der Waals surface area contributed by atoms with Crippen LogP contribution in [0.25, 0.3) is 0 Å². The monoisotopic (exact) mass is 605 g/mol. The third kappa shape index (κ3) is 12.8. The molecule has 2 amide bonds. The SMILES string of the molecule is CCCCNC(=O)C(CC(O)C(N)CC(CN(C(=O)C(F)(F)F)c1ccccc1OCCOCOC)C(C)C)C(C)C. The van der Waals surface area contributed by atoms with Crippen molar-refractivity contribution in [1.29, 1.82) is 0 Å². The fourth-order valence-corrected chi connectivity index (χ4v) is 4.53. The molecule has 1 aromatic carbocycles. The first-order valence-corrected chi connectivity index (χ1v) is 14.6. The number of nitrogens with two attached hydrogens (primary N) is 1. The standard InChI is InChI=1S/C30H50F3N3O6/c1-7-8-13-35-28(38)23(21(4)5)17-26(37)24(34)16-22(20(2)3)18-36(29(39)30(31,32)33)25-11-9-10-12-27(25)42-15-14-41-19-40-6/h9-12,20-24,26,37H,7-8,13-19,34H2,1-6H3,(H,35,38). The number of aliphatic hydroxyl groups is 1. The second-order valence-electron chi connectivity index (χ2n) is 11.2. The lowest BCUT2D eigenvalue weighted by Crippen LogP contribution is -2.47. The summed E-state index contributed by atoms with van der Waals surface area (Å²) in [6.45, 7) is 9.90. The van der Waals surface area contributed by atoms with Crippen molar-refractivity contribution < 1.29 is 42.1 Å². The molecule has 1 rings (SSSR count). The van der Waals surface area contributed by atoms with Crippen LogP contribution < -0.4 is 20.7 Å². The number of ether oxygens (including phenoxy) is 3. The number of aliphatic hydroxyl groups excluding tert-OH is 1. The van der Waals surface area contributed by atoms with Gasteiger partial charge in [-0.25, -0.2) is 0 Å². The summed E-state index contributed by atoms with van der Waals surface area (Å²) in [5, 5.41) is 13.9. The molecule has 0 saturated heterocycles. The highest BCUT2D eigenvalue weighted by molar-refractivity contribution is 5.98. The van der Waals surface area contributed by atoms with E-state index < -0.39 is 36.1 Å². The van der Waals surface area contributed by atoms with E-state index in [9.17, 15) is 27.9 Å². The van der Waals surface area contributed by atoms with Crippen molar-refractivity contribution in [3.05, 3.63) is 24.3 Å². The number of halogens is 3. The third-order valence-corrected chi connectivity index (χ3v) is 7.23. The van der Waals surface area contributed by atoms with Crippen LogP contribution in [0.3, 0.4) is 0 Å². The number of carbonyl (C=O) groups is 2. The van der Waals surface area contributed by atoms with Gasteiger partial charge >= 0.3 is 12.1 Å². The van der Waals surface area contributed by atoms with Crippen molar-refractivity contribution in [3.8, 4) is 5.75 Å². The van der Waals surface area contributed by atoms with Gasteiger partial charge in [-0.15, -0.1) is 0 Å². The molecule has 0 aliphatic carbocycles. The number of amides is 2. The second kappa shape index (κ2) is 19.0. The second-order valence-corrected chi connectivity index (χ2v) is 11.2. The molecule has 4 unspecified atom stereocenters. The van der Waals surface area contributed by atoms with E-state index in [1.807, 2.05) is 34.6 Å². The lowest BCUT2D eigenvalue weighted by molar-refractivity contribution is -0.170. The van der Waals surface area contributed by atoms with Crippen molar-refractivity contribution >= 4 is 17.5 Å². The van der Waals surface area contributed by atoms with Crippen LogP contribution in [0.15, 0.2) is 24.3 Å². The zero-order valence-corrected chi connectivity index (χ0v) is 25.8. The number of hydrogen-bond donors (Lipinski definition) is 3. The fraction of sp³-hybridized carbons (Fsp3) is 0.733. The molecule has 0 radical (unpaired) electrons. The van der Waals surface area contributed by atoms with Gasteiger partial charge in [-0.1, -0.05) is 53.2 Å². The molecule has 4 N–H and O–H groups in total. The Morgan fingerprint density at radius 2 is 1.74 bits per heavy atom. The van der Waals surface area contributed by atoms with E-state index in [1.54, 1.807) is 6.07 Å². The van der Waals surface area contributed by atoms with E-state index in [4.69, 9.17) is 19.9 Å².